The largest absolute Gasteiger partial charge is 0.329 e. The molecule has 0 aliphatic rings. The molecule has 4 rings (SSSR count). The Morgan fingerprint density at radius 2 is 1.81 bits per heavy atom. The highest BCUT2D eigenvalue weighted by atomic mass is 35.5. The topological polar surface area (TPSA) is 56.7 Å². The summed E-state index contributed by atoms with van der Waals surface area (Å²) in [5, 5.41) is 1.72. The Morgan fingerprint density at radius 3 is 2.57 bits per heavy atom. The monoisotopic (exact) mass is 296 g/mol. The predicted octanol–water partition coefficient (Wildman–Crippen LogP) is 3.35. The van der Waals surface area contributed by atoms with E-state index < -0.39 is 0 Å². The molecule has 0 aliphatic carbocycles. The van der Waals surface area contributed by atoms with Gasteiger partial charge in [-0.1, -0.05) is 23.7 Å². The van der Waals surface area contributed by atoms with E-state index in [2.05, 4.69) is 4.57 Å². The normalized spacial score (nSPS) is 11.7. The molecule has 2 aromatic carbocycles. The van der Waals surface area contributed by atoms with Crippen molar-refractivity contribution in [1.82, 2.24) is 14.5 Å². The number of nitrogens with zero attached hydrogens (tertiary/aromatic N) is 3. The summed E-state index contributed by atoms with van der Waals surface area (Å²) < 4.78 is 2.11. The van der Waals surface area contributed by atoms with Crippen molar-refractivity contribution in [2.45, 2.75) is 6.54 Å². The molecule has 0 bridgehead atoms. The molecule has 2 N–H and O–H groups in total. The van der Waals surface area contributed by atoms with Gasteiger partial charge in [0.15, 0.2) is 5.65 Å². The smallest absolute Gasteiger partial charge is 0.160 e. The van der Waals surface area contributed by atoms with E-state index in [0.29, 0.717) is 18.1 Å². The van der Waals surface area contributed by atoms with Gasteiger partial charge in [-0.3, -0.25) is 0 Å². The predicted molar refractivity (Wildman–Crippen MR) is 86.6 cm³/mol. The van der Waals surface area contributed by atoms with E-state index in [0.717, 1.165) is 33.1 Å². The molecule has 0 spiro atoms. The number of benzene rings is 2. The van der Waals surface area contributed by atoms with Crippen LogP contribution in [-0.2, 0) is 6.54 Å². The van der Waals surface area contributed by atoms with Crippen molar-refractivity contribution in [2.24, 2.45) is 5.73 Å². The van der Waals surface area contributed by atoms with Crippen LogP contribution in [0.4, 0.5) is 0 Å². The maximum Gasteiger partial charge on any atom is 0.160 e. The molecule has 0 unspecified atom stereocenters. The van der Waals surface area contributed by atoms with Crippen LogP contribution in [0.1, 0.15) is 0 Å². The van der Waals surface area contributed by atoms with Crippen molar-refractivity contribution in [2.75, 3.05) is 6.54 Å². The molecule has 21 heavy (non-hydrogen) atoms. The van der Waals surface area contributed by atoms with Crippen LogP contribution < -0.4 is 5.73 Å². The third kappa shape index (κ3) is 1.87. The van der Waals surface area contributed by atoms with E-state index in [-0.39, 0.29) is 0 Å². The van der Waals surface area contributed by atoms with E-state index in [1.165, 1.54) is 0 Å². The summed E-state index contributed by atoms with van der Waals surface area (Å²) in [7, 11) is 0. The summed E-state index contributed by atoms with van der Waals surface area (Å²) in [5.74, 6) is 0. The summed E-state index contributed by atoms with van der Waals surface area (Å²) in [6.45, 7) is 1.25. The first-order valence-corrected chi connectivity index (χ1v) is 7.20. The summed E-state index contributed by atoms with van der Waals surface area (Å²) in [6.07, 6.45) is 0. The lowest BCUT2D eigenvalue weighted by Crippen LogP contribution is -2.10. The van der Waals surface area contributed by atoms with Gasteiger partial charge in [0, 0.05) is 23.5 Å². The molecular weight excluding hydrogens is 284 g/mol. The molecule has 0 saturated carbocycles. The number of rotatable bonds is 2. The Bertz CT molecular complexity index is 974. The molecule has 4 nitrogen and oxygen atoms in total. The zero-order valence-electron chi connectivity index (χ0n) is 11.3. The van der Waals surface area contributed by atoms with Gasteiger partial charge in [0.25, 0.3) is 0 Å². The maximum absolute atomic E-state index is 6.14. The minimum Gasteiger partial charge on any atom is -0.329 e. The van der Waals surface area contributed by atoms with Gasteiger partial charge in [-0.15, -0.1) is 0 Å². The van der Waals surface area contributed by atoms with E-state index >= 15 is 0 Å². The fraction of sp³-hybridized carbons (Fsp3) is 0.125. The first-order chi connectivity index (χ1) is 10.3. The van der Waals surface area contributed by atoms with E-state index in [4.69, 9.17) is 27.3 Å². The fourth-order valence-electron chi connectivity index (χ4n) is 2.76. The zero-order chi connectivity index (χ0) is 14.4. The minimum atomic E-state index is 0.552. The van der Waals surface area contributed by atoms with Gasteiger partial charge in [0.05, 0.1) is 16.6 Å². The zero-order valence-corrected chi connectivity index (χ0v) is 12.0. The molecule has 0 fully saturated rings. The Hall–Kier alpha value is -2.17. The molecule has 0 radical (unpaired) electrons. The van der Waals surface area contributed by atoms with E-state index in [1.807, 2.05) is 42.5 Å². The van der Waals surface area contributed by atoms with Crippen molar-refractivity contribution in [3.8, 4) is 0 Å². The van der Waals surface area contributed by atoms with Crippen molar-refractivity contribution >= 4 is 44.7 Å². The third-order valence-corrected chi connectivity index (χ3v) is 3.90. The highest BCUT2D eigenvalue weighted by Crippen LogP contribution is 2.30. The SMILES string of the molecule is NCCn1c2ccc(Cl)cc2c2nc3ccccc3nc21. The van der Waals surface area contributed by atoms with Crippen molar-refractivity contribution in [3.63, 3.8) is 0 Å². The van der Waals surface area contributed by atoms with E-state index in [1.54, 1.807) is 0 Å². The lowest BCUT2D eigenvalue weighted by atomic mass is 10.2. The summed E-state index contributed by atoms with van der Waals surface area (Å²) in [6, 6.07) is 13.7. The van der Waals surface area contributed by atoms with Gasteiger partial charge in [-0.2, -0.15) is 0 Å². The van der Waals surface area contributed by atoms with Crippen molar-refractivity contribution in [3.05, 3.63) is 47.5 Å². The Morgan fingerprint density at radius 1 is 1.05 bits per heavy atom. The number of aromatic nitrogens is 3. The number of fused-ring (bicyclic) bond motifs is 4. The number of halogens is 1. The van der Waals surface area contributed by atoms with Crippen LogP contribution in [0.2, 0.25) is 5.02 Å². The minimum absolute atomic E-state index is 0.552. The van der Waals surface area contributed by atoms with Crippen LogP contribution in [-0.4, -0.2) is 21.1 Å². The van der Waals surface area contributed by atoms with Crippen molar-refractivity contribution < 1.29 is 0 Å². The molecule has 0 saturated heterocycles. The molecule has 4 aromatic rings. The molecular formula is C16H13ClN4. The molecule has 104 valence electrons. The van der Waals surface area contributed by atoms with Crippen LogP contribution in [0, 0.1) is 0 Å². The van der Waals surface area contributed by atoms with Crippen LogP contribution >= 0.6 is 11.6 Å². The Balaban J connectivity index is 2.22. The van der Waals surface area contributed by atoms with Gasteiger partial charge >= 0.3 is 0 Å². The molecule has 2 aromatic heterocycles. The third-order valence-electron chi connectivity index (χ3n) is 3.67. The van der Waals surface area contributed by atoms with Crippen LogP contribution in [0.25, 0.3) is 33.1 Å². The summed E-state index contributed by atoms with van der Waals surface area (Å²) in [4.78, 5) is 9.53. The second kappa shape index (κ2) is 4.69. The highest BCUT2D eigenvalue weighted by molar-refractivity contribution is 6.31. The summed E-state index contributed by atoms with van der Waals surface area (Å²) in [5.41, 5.74) is 10.3. The van der Waals surface area contributed by atoms with Crippen LogP contribution in [0.5, 0.6) is 0 Å². The van der Waals surface area contributed by atoms with Crippen LogP contribution in [0.3, 0.4) is 0 Å². The van der Waals surface area contributed by atoms with Gasteiger partial charge in [-0.25, -0.2) is 9.97 Å². The average molecular weight is 297 g/mol. The molecule has 0 amide bonds. The van der Waals surface area contributed by atoms with Crippen LogP contribution in [0.15, 0.2) is 42.5 Å². The molecule has 0 aliphatic heterocycles. The highest BCUT2D eigenvalue weighted by Gasteiger charge is 2.14. The van der Waals surface area contributed by atoms with Gasteiger partial charge in [0.1, 0.15) is 5.52 Å². The Kier molecular flexibility index (Phi) is 2.80. The van der Waals surface area contributed by atoms with Gasteiger partial charge in [-0.05, 0) is 30.3 Å². The molecule has 2 heterocycles. The van der Waals surface area contributed by atoms with Gasteiger partial charge < -0.3 is 10.3 Å². The Labute approximate surface area is 126 Å². The first-order valence-electron chi connectivity index (χ1n) is 6.82. The number of hydrogen-bond acceptors (Lipinski definition) is 3. The fourth-order valence-corrected chi connectivity index (χ4v) is 2.93. The second-order valence-electron chi connectivity index (χ2n) is 4.99. The second-order valence-corrected chi connectivity index (χ2v) is 5.42. The number of para-hydroxylation sites is 2. The molecule has 0 atom stereocenters. The number of nitrogens with two attached hydrogens (primary N) is 1. The summed E-state index contributed by atoms with van der Waals surface area (Å²) >= 11 is 6.14. The van der Waals surface area contributed by atoms with E-state index in [9.17, 15) is 0 Å². The number of hydrogen-bond donors (Lipinski definition) is 1. The lowest BCUT2D eigenvalue weighted by Gasteiger charge is -2.04. The maximum atomic E-state index is 6.14. The lowest BCUT2D eigenvalue weighted by molar-refractivity contribution is 0.751. The standard InChI is InChI=1S/C16H13ClN4/c17-10-5-6-14-11(9-10)15-16(21(14)8-7-18)20-13-4-2-1-3-12(13)19-15/h1-6,9H,7-8,18H2. The average Bonchev–Trinajstić information content (AvgIpc) is 2.79. The first kappa shape index (κ1) is 12.6. The quantitative estimate of drug-likeness (QED) is 0.617. The van der Waals surface area contributed by atoms with Gasteiger partial charge in [0.2, 0.25) is 0 Å². The van der Waals surface area contributed by atoms with Crippen molar-refractivity contribution in [1.29, 1.82) is 0 Å². The molecule has 5 heteroatoms.